The summed E-state index contributed by atoms with van der Waals surface area (Å²) in [5.74, 6) is 0.294. The molecule has 0 radical (unpaired) electrons. The topological polar surface area (TPSA) is 44.6 Å². The zero-order chi connectivity index (χ0) is 20.5. The van der Waals surface area contributed by atoms with Gasteiger partial charge in [0, 0.05) is 32.7 Å². The molecule has 0 saturated carbocycles. The van der Waals surface area contributed by atoms with E-state index in [0.717, 1.165) is 31.3 Å². The summed E-state index contributed by atoms with van der Waals surface area (Å²) in [5, 5.41) is 14.2. The van der Waals surface area contributed by atoms with E-state index >= 15 is 0 Å². The summed E-state index contributed by atoms with van der Waals surface area (Å²) < 4.78 is 1.99. The van der Waals surface area contributed by atoms with E-state index in [1.54, 1.807) is 6.07 Å². The smallest absolute Gasteiger partial charge is 0.126 e. The number of nitrogens with zero attached hydrogens (tertiary/aromatic N) is 1. The summed E-state index contributed by atoms with van der Waals surface area (Å²) in [6.07, 6.45) is 0.527. The average Bonchev–Trinajstić information content (AvgIpc) is 2.70. The number of halogens is 2. The van der Waals surface area contributed by atoms with Crippen LogP contribution in [0.3, 0.4) is 0 Å². The molecule has 2 atom stereocenters. The Morgan fingerprint density at radius 2 is 1.62 bits per heavy atom. The Bertz CT molecular complexity index is 1080. The van der Waals surface area contributed by atoms with Gasteiger partial charge in [-0.1, -0.05) is 67.8 Å². The minimum Gasteiger partial charge on any atom is -0.508 e. The fourth-order valence-electron chi connectivity index (χ4n) is 3.82. The van der Waals surface area contributed by atoms with Crippen LogP contribution in [-0.4, -0.2) is 10.8 Å². The fraction of sp³-hybridized carbons (Fsp3) is 0.208. The summed E-state index contributed by atoms with van der Waals surface area (Å²) >= 11 is 7.05. The molecule has 148 valence electrons. The number of phenolic OH excluding ortho intramolecular Hbond substituents is 1. The summed E-state index contributed by atoms with van der Waals surface area (Å²) in [6, 6.07) is 20.2. The molecular formula is C24H22Br2N2O. The van der Waals surface area contributed by atoms with Gasteiger partial charge in [-0.15, -0.1) is 0 Å². The number of rotatable bonds is 3. The molecule has 3 aromatic rings. The quantitative estimate of drug-likeness (QED) is 0.406. The monoisotopic (exact) mass is 512 g/mol. The van der Waals surface area contributed by atoms with Crippen LogP contribution in [0.4, 0.5) is 0 Å². The summed E-state index contributed by atoms with van der Waals surface area (Å²) in [4.78, 5) is 5.07. The second-order valence-electron chi connectivity index (χ2n) is 7.47. The molecule has 0 saturated heterocycles. The molecule has 0 aliphatic carbocycles. The van der Waals surface area contributed by atoms with Crippen LogP contribution < -0.4 is 5.32 Å². The molecule has 3 aromatic carbocycles. The first kappa shape index (κ1) is 20.3. The van der Waals surface area contributed by atoms with E-state index in [1.165, 1.54) is 11.1 Å². The molecule has 3 nitrogen and oxygen atoms in total. The third-order valence-corrected chi connectivity index (χ3v) is 6.33. The van der Waals surface area contributed by atoms with Crippen LogP contribution in [0.1, 0.15) is 46.4 Å². The molecular weight excluding hydrogens is 492 g/mol. The maximum absolute atomic E-state index is 10.5. The van der Waals surface area contributed by atoms with E-state index < -0.39 is 0 Å². The zero-order valence-electron chi connectivity index (χ0n) is 16.3. The molecule has 2 N–H and O–H groups in total. The lowest BCUT2D eigenvalue weighted by atomic mass is 9.92. The first-order chi connectivity index (χ1) is 13.9. The number of benzene rings is 3. The van der Waals surface area contributed by atoms with Gasteiger partial charge < -0.3 is 5.11 Å². The van der Waals surface area contributed by atoms with Gasteiger partial charge in [0.2, 0.25) is 0 Å². The number of hydrogen-bond acceptors (Lipinski definition) is 3. The van der Waals surface area contributed by atoms with Gasteiger partial charge in [0.05, 0.1) is 0 Å². The molecule has 0 bridgehead atoms. The first-order valence-corrected chi connectivity index (χ1v) is 11.1. The lowest BCUT2D eigenvalue weighted by Gasteiger charge is -2.31. The van der Waals surface area contributed by atoms with Crippen molar-refractivity contribution in [2.24, 2.45) is 4.99 Å². The lowest BCUT2D eigenvalue weighted by Crippen LogP contribution is -2.33. The maximum Gasteiger partial charge on any atom is 0.126 e. The number of aromatic hydroxyl groups is 1. The molecule has 0 aromatic heterocycles. The Morgan fingerprint density at radius 1 is 0.897 bits per heavy atom. The van der Waals surface area contributed by atoms with Crippen LogP contribution in [0.15, 0.2) is 74.6 Å². The highest BCUT2D eigenvalue weighted by Gasteiger charge is 2.28. The highest BCUT2D eigenvalue weighted by atomic mass is 79.9. The van der Waals surface area contributed by atoms with Crippen molar-refractivity contribution >= 4 is 37.6 Å². The van der Waals surface area contributed by atoms with Crippen molar-refractivity contribution in [3.05, 3.63) is 97.4 Å². The van der Waals surface area contributed by atoms with E-state index in [0.29, 0.717) is 12.2 Å². The summed E-state index contributed by atoms with van der Waals surface area (Å²) in [6.45, 7) is 4.23. The van der Waals surface area contributed by atoms with Crippen LogP contribution in [0, 0.1) is 13.8 Å². The predicted molar refractivity (Wildman–Crippen MR) is 126 cm³/mol. The minimum atomic E-state index is -0.175. The highest BCUT2D eigenvalue weighted by molar-refractivity contribution is 9.10. The molecule has 1 heterocycles. The molecule has 1 aliphatic rings. The van der Waals surface area contributed by atoms with Gasteiger partial charge in [-0.25, -0.2) is 0 Å². The van der Waals surface area contributed by atoms with Crippen molar-refractivity contribution in [3.8, 4) is 5.75 Å². The number of hydrogen-bond donors (Lipinski definition) is 2. The maximum atomic E-state index is 10.5. The van der Waals surface area contributed by atoms with Crippen LogP contribution in [-0.2, 0) is 0 Å². The third kappa shape index (κ3) is 4.47. The van der Waals surface area contributed by atoms with Gasteiger partial charge in [-0.3, -0.25) is 10.3 Å². The zero-order valence-corrected chi connectivity index (χ0v) is 19.5. The number of aryl methyl sites for hydroxylation is 2. The van der Waals surface area contributed by atoms with Crippen molar-refractivity contribution in [1.82, 2.24) is 5.32 Å². The van der Waals surface area contributed by atoms with Crippen LogP contribution in [0.25, 0.3) is 0 Å². The van der Waals surface area contributed by atoms with E-state index in [2.05, 4.69) is 81.4 Å². The Kier molecular flexibility index (Phi) is 5.91. The molecule has 0 amide bonds. The number of aliphatic imine (C=N–C) groups is 1. The van der Waals surface area contributed by atoms with Crippen molar-refractivity contribution in [1.29, 1.82) is 0 Å². The fourth-order valence-corrected chi connectivity index (χ4v) is 4.46. The van der Waals surface area contributed by atoms with Crippen molar-refractivity contribution < 1.29 is 5.11 Å². The van der Waals surface area contributed by atoms with E-state index in [-0.39, 0.29) is 12.2 Å². The molecule has 29 heavy (non-hydrogen) atoms. The Morgan fingerprint density at radius 3 is 2.34 bits per heavy atom. The largest absolute Gasteiger partial charge is 0.508 e. The second kappa shape index (κ2) is 8.42. The number of phenols is 1. The van der Waals surface area contributed by atoms with E-state index in [4.69, 9.17) is 4.99 Å². The van der Waals surface area contributed by atoms with Crippen molar-refractivity contribution in [2.75, 3.05) is 0 Å². The molecule has 0 fully saturated rings. The third-order valence-electron chi connectivity index (χ3n) is 5.30. The van der Waals surface area contributed by atoms with Gasteiger partial charge in [0.15, 0.2) is 0 Å². The van der Waals surface area contributed by atoms with Gasteiger partial charge in [0.25, 0.3) is 0 Å². The van der Waals surface area contributed by atoms with Gasteiger partial charge in [-0.2, -0.15) is 0 Å². The van der Waals surface area contributed by atoms with E-state index in [1.807, 2.05) is 24.3 Å². The lowest BCUT2D eigenvalue weighted by molar-refractivity contribution is 0.412. The highest BCUT2D eigenvalue weighted by Crippen LogP contribution is 2.36. The van der Waals surface area contributed by atoms with Crippen molar-refractivity contribution in [3.63, 3.8) is 0 Å². The van der Waals surface area contributed by atoms with Crippen LogP contribution in [0.2, 0.25) is 0 Å². The Hall–Kier alpha value is -1.95. The summed E-state index contributed by atoms with van der Waals surface area (Å²) in [5.41, 5.74) is 6.61. The van der Waals surface area contributed by atoms with Crippen LogP contribution >= 0.6 is 31.9 Å². The SMILES string of the molecule is Cc1ccc([C@H]2N=C(c3ccc(Br)cc3)C[C@H](c3cc(Br)ccc3O)N2)c(C)c1. The molecule has 0 unspecified atom stereocenters. The molecule has 1 aliphatic heterocycles. The Labute approximate surface area is 188 Å². The van der Waals surface area contributed by atoms with Gasteiger partial charge in [0.1, 0.15) is 11.9 Å². The van der Waals surface area contributed by atoms with Gasteiger partial charge >= 0.3 is 0 Å². The van der Waals surface area contributed by atoms with Crippen LogP contribution in [0.5, 0.6) is 5.75 Å². The minimum absolute atomic E-state index is 0.0469. The van der Waals surface area contributed by atoms with E-state index in [9.17, 15) is 5.11 Å². The second-order valence-corrected chi connectivity index (χ2v) is 9.30. The standard InChI is InChI=1S/C24H22Br2N2O/c1-14-3-9-19(15(2)11-14)24-27-21(16-4-6-17(25)7-5-16)13-22(28-24)20-12-18(26)8-10-23(20)29/h3-12,22,24,28-29H,13H2,1-2H3/t22-,24+/m1/s1. The molecule has 4 rings (SSSR count). The molecule has 5 heteroatoms. The average molecular weight is 514 g/mol. The predicted octanol–water partition coefficient (Wildman–Crippen LogP) is 6.76. The normalized spacial score (nSPS) is 19.1. The number of nitrogens with one attached hydrogen (secondary N) is 1. The molecule has 0 spiro atoms. The summed E-state index contributed by atoms with van der Waals surface area (Å²) in [7, 11) is 0. The Balaban J connectivity index is 1.79. The van der Waals surface area contributed by atoms with Crippen molar-refractivity contribution in [2.45, 2.75) is 32.5 Å². The first-order valence-electron chi connectivity index (χ1n) is 9.55. The van der Waals surface area contributed by atoms with Gasteiger partial charge in [-0.05, 0) is 60.9 Å².